The third-order valence-electron chi connectivity index (χ3n) is 3.34. The lowest BCUT2D eigenvalue weighted by Gasteiger charge is -2.19. The Morgan fingerprint density at radius 2 is 2.00 bits per heavy atom. The van der Waals surface area contributed by atoms with Crippen LogP contribution in [0.4, 0.5) is 4.79 Å². The van der Waals surface area contributed by atoms with Gasteiger partial charge in [0.1, 0.15) is 11.3 Å². The summed E-state index contributed by atoms with van der Waals surface area (Å²) in [6.45, 7) is 7.52. The van der Waals surface area contributed by atoms with E-state index in [1.54, 1.807) is 12.4 Å². The van der Waals surface area contributed by atoms with Crippen LogP contribution in [-0.4, -0.2) is 26.5 Å². The standard InChI is InChI=1S/C18H19N3O2/c1-12-7-8-15-14(10-12)16(13-6-5-9-19-11-13)20-21(15)17(22)23-18(2,3)4/h5-11H,1-4H3. The van der Waals surface area contributed by atoms with Gasteiger partial charge in [0, 0.05) is 23.3 Å². The van der Waals surface area contributed by atoms with Gasteiger partial charge < -0.3 is 4.74 Å². The molecule has 5 heteroatoms. The Kier molecular flexibility index (Phi) is 3.64. The first-order chi connectivity index (χ1) is 10.8. The van der Waals surface area contributed by atoms with Crippen molar-refractivity contribution in [2.24, 2.45) is 0 Å². The summed E-state index contributed by atoms with van der Waals surface area (Å²) >= 11 is 0. The minimum absolute atomic E-state index is 0.485. The van der Waals surface area contributed by atoms with Crippen LogP contribution in [0.15, 0.2) is 42.7 Å². The number of carbonyl (C=O) groups excluding carboxylic acids is 1. The summed E-state index contributed by atoms with van der Waals surface area (Å²) in [7, 11) is 0. The first-order valence-electron chi connectivity index (χ1n) is 7.48. The summed E-state index contributed by atoms with van der Waals surface area (Å²) in [6.07, 6.45) is 2.97. The van der Waals surface area contributed by atoms with E-state index in [9.17, 15) is 4.79 Å². The largest absolute Gasteiger partial charge is 0.442 e. The lowest BCUT2D eigenvalue weighted by molar-refractivity contribution is 0.0523. The van der Waals surface area contributed by atoms with Gasteiger partial charge in [-0.1, -0.05) is 11.6 Å². The molecule has 0 fully saturated rings. The molecular weight excluding hydrogens is 290 g/mol. The molecule has 2 aromatic heterocycles. The second-order valence-corrected chi connectivity index (χ2v) is 6.50. The summed E-state index contributed by atoms with van der Waals surface area (Å²) in [5.74, 6) is 0. The number of benzene rings is 1. The van der Waals surface area contributed by atoms with Gasteiger partial charge in [0.15, 0.2) is 0 Å². The molecule has 0 aliphatic heterocycles. The van der Waals surface area contributed by atoms with Gasteiger partial charge in [0.05, 0.1) is 5.52 Å². The monoisotopic (exact) mass is 309 g/mol. The van der Waals surface area contributed by atoms with Crippen molar-refractivity contribution in [3.05, 3.63) is 48.3 Å². The molecule has 0 unspecified atom stereocenters. The third-order valence-corrected chi connectivity index (χ3v) is 3.34. The first kappa shape index (κ1) is 15.2. The van der Waals surface area contributed by atoms with Gasteiger partial charge in [-0.2, -0.15) is 9.78 Å². The number of hydrogen-bond donors (Lipinski definition) is 0. The smallest absolute Gasteiger partial charge is 0.435 e. The van der Waals surface area contributed by atoms with Crippen LogP contribution in [0.1, 0.15) is 26.3 Å². The molecule has 0 N–H and O–H groups in total. The molecule has 0 aliphatic carbocycles. The van der Waals surface area contributed by atoms with Crippen molar-refractivity contribution in [2.45, 2.75) is 33.3 Å². The third kappa shape index (κ3) is 3.08. The Bertz CT molecular complexity index is 861. The first-order valence-corrected chi connectivity index (χ1v) is 7.48. The maximum Gasteiger partial charge on any atom is 0.435 e. The molecule has 118 valence electrons. The number of pyridine rings is 1. The zero-order valence-electron chi connectivity index (χ0n) is 13.7. The van der Waals surface area contributed by atoms with E-state index in [-0.39, 0.29) is 0 Å². The van der Waals surface area contributed by atoms with Crippen LogP contribution in [0, 0.1) is 6.92 Å². The quantitative estimate of drug-likeness (QED) is 0.676. The van der Waals surface area contributed by atoms with Crippen molar-refractivity contribution in [3.63, 3.8) is 0 Å². The Hall–Kier alpha value is -2.69. The van der Waals surface area contributed by atoms with E-state index in [0.29, 0.717) is 0 Å². The van der Waals surface area contributed by atoms with E-state index >= 15 is 0 Å². The van der Waals surface area contributed by atoms with Crippen LogP contribution >= 0.6 is 0 Å². The number of aromatic nitrogens is 3. The molecule has 23 heavy (non-hydrogen) atoms. The molecule has 0 bridgehead atoms. The predicted octanol–water partition coefficient (Wildman–Crippen LogP) is 4.19. The van der Waals surface area contributed by atoms with E-state index in [0.717, 1.165) is 27.7 Å². The summed E-state index contributed by atoms with van der Waals surface area (Å²) in [4.78, 5) is 16.6. The highest BCUT2D eigenvalue weighted by molar-refractivity contribution is 5.97. The highest BCUT2D eigenvalue weighted by Gasteiger charge is 2.22. The lowest BCUT2D eigenvalue weighted by Crippen LogP contribution is -2.27. The predicted molar refractivity (Wildman–Crippen MR) is 89.3 cm³/mol. The van der Waals surface area contributed by atoms with Gasteiger partial charge in [-0.05, 0) is 52.0 Å². The van der Waals surface area contributed by atoms with Gasteiger partial charge >= 0.3 is 6.09 Å². The zero-order valence-corrected chi connectivity index (χ0v) is 13.7. The van der Waals surface area contributed by atoms with Gasteiger partial charge in [-0.15, -0.1) is 0 Å². The number of hydrogen-bond acceptors (Lipinski definition) is 4. The van der Waals surface area contributed by atoms with Crippen molar-refractivity contribution in [2.75, 3.05) is 0 Å². The second-order valence-electron chi connectivity index (χ2n) is 6.50. The summed E-state index contributed by atoms with van der Waals surface area (Å²) in [5.41, 5.74) is 2.84. The number of ether oxygens (including phenoxy) is 1. The number of nitrogens with zero attached hydrogens (tertiary/aromatic N) is 3. The summed E-state index contributed by atoms with van der Waals surface area (Å²) < 4.78 is 6.78. The molecule has 1 aromatic carbocycles. The maximum atomic E-state index is 12.5. The van der Waals surface area contributed by atoms with Crippen LogP contribution < -0.4 is 0 Å². The van der Waals surface area contributed by atoms with Crippen molar-refractivity contribution in [1.82, 2.24) is 14.8 Å². The van der Waals surface area contributed by atoms with Gasteiger partial charge in [0.2, 0.25) is 0 Å². The molecular formula is C18H19N3O2. The van der Waals surface area contributed by atoms with Gasteiger partial charge in [0.25, 0.3) is 0 Å². The minimum atomic E-state index is -0.575. The van der Waals surface area contributed by atoms with Crippen LogP contribution in [0.2, 0.25) is 0 Å². The fourth-order valence-electron chi connectivity index (χ4n) is 2.39. The molecule has 3 rings (SSSR count). The summed E-state index contributed by atoms with van der Waals surface area (Å²) in [5, 5.41) is 5.39. The Balaban J connectivity index is 2.19. The van der Waals surface area contributed by atoms with Crippen LogP contribution in [0.25, 0.3) is 22.2 Å². The highest BCUT2D eigenvalue weighted by Crippen LogP contribution is 2.28. The number of rotatable bonds is 1. The number of aryl methyl sites for hydroxylation is 1. The van der Waals surface area contributed by atoms with Crippen molar-refractivity contribution in [1.29, 1.82) is 0 Å². The molecule has 5 nitrogen and oxygen atoms in total. The normalized spacial score (nSPS) is 11.7. The zero-order chi connectivity index (χ0) is 16.6. The molecule has 0 aliphatic rings. The lowest BCUT2D eigenvalue weighted by atomic mass is 10.1. The molecule has 0 atom stereocenters. The summed E-state index contributed by atoms with van der Waals surface area (Å²) in [6, 6.07) is 9.64. The average molecular weight is 309 g/mol. The van der Waals surface area contributed by atoms with E-state index in [4.69, 9.17) is 4.74 Å². The SMILES string of the molecule is Cc1ccc2c(c1)c(-c1cccnc1)nn2C(=O)OC(C)(C)C. The Labute approximate surface area is 134 Å². The minimum Gasteiger partial charge on any atom is -0.442 e. The fourth-order valence-corrected chi connectivity index (χ4v) is 2.39. The van der Waals surface area contributed by atoms with Crippen LogP contribution in [-0.2, 0) is 4.74 Å². The number of carbonyl (C=O) groups is 1. The van der Waals surface area contributed by atoms with Crippen molar-refractivity contribution < 1.29 is 9.53 Å². The Morgan fingerprint density at radius 3 is 2.65 bits per heavy atom. The van der Waals surface area contributed by atoms with E-state index in [1.807, 2.05) is 58.0 Å². The maximum absolute atomic E-state index is 12.5. The number of fused-ring (bicyclic) bond motifs is 1. The van der Waals surface area contributed by atoms with Gasteiger partial charge in [-0.3, -0.25) is 4.98 Å². The van der Waals surface area contributed by atoms with E-state index in [2.05, 4.69) is 10.1 Å². The van der Waals surface area contributed by atoms with Crippen molar-refractivity contribution in [3.8, 4) is 11.3 Å². The van der Waals surface area contributed by atoms with Crippen molar-refractivity contribution >= 4 is 17.0 Å². The molecule has 3 aromatic rings. The highest BCUT2D eigenvalue weighted by atomic mass is 16.6. The van der Waals surface area contributed by atoms with Crippen LogP contribution in [0.5, 0.6) is 0 Å². The molecule has 0 radical (unpaired) electrons. The molecule has 2 heterocycles. The molecule has 0 saturated heterocycles. The topological polar surface area (TPSA) is 57.0 Å². The van der Waals surface area contributed by atoms with Crippen LogP contribution in [0.3, 0.4) is 0 Å². The Morgan fingerprint density at radius 1 is 1.22 bits per heavy atom. The van der Waals surface area contributed by atoms with Gasteiger partial charge in [-0.25, -0.2) is 4.79 Å². The molecule has 0 amide bonds. The second kappa shape index (κ2) is 5.50. The van der Waals surface area contributed by atoms with E-state index < -0.39 is 11.7 Å². The fraction of sp³-hybridized carbons (Fsp3) is 0.278. The average Bonchev–Trinajstić information content (AvgIpc) is 2.85. The molecule has 0 saturated carbocycles. The molecule has 0 spiro atoms. The van der Waals surface area contributed by atoms with E-state index in [1.165, 1.54) is 4.68 Å².